The van der Waals surface area contributed by atoms with Gasteiger partial charge in [0.1, 0.15) is 5.76 Å². The van der Waals surface area contributed by atoms with Crippen molar-refractivity contribution in [3.05, 3.63) is 52.3 Å². The average molecular weight is 265 g/mol. The van der Waals surface area contributed by atoms with E-state index < -0.39 is 5.97 Å². The number of hydrogen-bond acceptors (Lipinski definition) is 2. The van der Waals surface area contributed by atoms with Gasteiger partial charge in [-0.3, -0.25) is 0 Å². The van der Waals surface area contributed by atoms with Crippen LogP contribution in [0, 0.1) is 0 Å². The third-order valence-electron chi connectivity index (χ3n) is 2.68. The van der Waals surface area contributed by atoms with Crippen LogP contribution in [0.1, 0.15) is 18.4 Å². The van der Waals surface area contributed by atoms with E-state index in [1.807, 2.05) is 18.2 Å². The molecule has 0 saturated heterocycles. The fourth-order valence-corrected chi connectivity index (χ4v) is 1.87. The number of ether oxygens (including phenoxy) is 1. The minimum absolute atomic E-state index is 0.339. The van der Waals surface area contributed by atoms with Crippen molar-refractivity contribution >= 4 is 23.6 Å². The second-order valence-electron chi connectivity index (χ2n) is 3.98. The van der Waals surface area contributed by atoms with Gasteiger partial charge in [-0.2, -0.15) is 0 Å². The predicted octanol–water partition coefficient (Wildman–Crippen LogP) is 3.50. The first-order valence-electron chi connectivity index (χ1n) is 5.70. The van der Waals surface area contributed by atoms with Crippen LogP contribution in [-0.4, -0.2) is 17.7 Å². The molecule has 0 amide bonds. The van der Waals surface area contributed by atoms with Gasteiger partial charge < -0.3 is 9.84 Å². The molecule has 4 heteroatoms. The van der Waals surface area contributed by atoms with Crippen LogP contribution in [-0.2, 0) is 9.53 Å². The molecule has 3 nitrogen and oxygen atoms in total. The molecule has 18 heavy (non-hydrogen) atoms. The highest BCUT2D eigenvalue weighted by Crippen LogP contribution is 2.21. The van der Waals surface area contributed by atoms with E-state index in [4.69, 9.17) is 21.4 Å². The lowest BCUT2D eigenvalue weighted by atomic mass is 10.1. The SMILES string of the molecule is O=C(O)C1=C(/C=C/c2ccc(Cl)cc2)OCCC1. The standard InChI is InChI=1S/C14H13ClO3/c15-11-6-3-10(4-7-11)5-8-13-12(14(16)17)2-1-9-18-13/h3-8H,1-2,9H2,(H,16,17)/b8-5+. The summed E-state index contributed by atoms with van der Waals surface area (Å²) < 4.78 is 5.38. The van der Waals surface area contributed by atoms with Crippen LogP contribution in [0.5, 0.6) is 0 Å². The van der Waals surface area contributed by atoms with E-state index >= 15 is 0 Å². The Morgan fingerprint density at radius 3 is 2.67 bits per heavy atom. The largest absolute Gasteiger partial charge is 0.493 e. The highest BCUT2D eigenvalue weighted by molar-refractivity contribution is 6.30. The summed E-state index contributed by atoms with van der Waals surface area (Å²) in [5, 5.41) is 9.73. The van der Waals surface area contributed by atoms with Crippen LogP contribution in [0.3, 0.4) is 0 Å². The first-order valence-corrected chi connectivity index (χ1v) is 6.07. The van der Waals surface area contributed by atoms with Crippen molar-refractivity contribution in [3.63, 3.8) is 0 Å². The first-order chi connectivity index (χ1) is 8.66. The molecule has 94 valence electrons. The van der Waals surface area contributed by atoms with E-state index in [1.165, 1.54) is 0 Å². The molecule has 0 atom stereocenters. The van der Waals surface area contributed by atoms with Crippen molar-refractivity contribution in [1.82, 2.24) is 0 Å². The molecule has 0 aliphatic carbocycles. The summed E-state index contributed by atoms with van der Waals surface area (Å²) in [6.45, 7) is 0.567. The molecule has 1 N–H and O–H groups in total. The molecule has 1 aliphatic heterocycles. The Morgan fingerprint density at radius 1 is 1.28 bits per heavy atom. The number of carboxylic acids is 1. The Kier molecular flexibility index (Phi) is 4.05. The molecule has 2 rings (SSSR count). The lowest BCUT2D eigenvalue weighted by Crippen LogP contribution is -2.12. The van der Waals surface area contributed by atoms with E-state index in [0.29, 0.717) is 29.4 Å². The monoisotopic (exact) mass is 264 g/mol. The minimum atomic E-state index is -0.912. The van der Waals surface area contributed by atoms with Crippen LogP contribution in [0.15, 0.2) is 41.7 Å². The smallest absolute Gasteiger partial charge is 0.335 e. The first kappa shape index (κ1) is 12.7. The topological polar surface area (TPSA) is 46.5 Å². The van der Waals surface area contributed by atoms with E-state index in [1.54, 1.807) is 18.2 Å². The summed E-state index contributed by atoms with van der Waals surface area (Å²) in [7, 11) is 0. The van der Waals surface area contributed by atoms with Gasteiger partial charge in [-0.25, -0.2) is 4.79 Å². The molecule has 1 aromatic rings. The average Bonchev–Trinajstić information content (AvgIpc) is 2.38. The molecule has 0 fully saturated rings. The maximum Gasteiger partial charge on any atom is 0.335 e. The minimum Gasteiger partial charge on any atom is -0.493 e. The number of carbonyl (C=O) groups is 1. The van der Waals surface area contributed by atoms with Gasteiger partial charge in [0.2, 0.25) is 0 Å². The number of carboxylic acid groups (broad SMARTS) is 1. The maximum atomic E-state index is 11.0. The number of hydrogen-bond donors (Lipinski definition) is 1. The van der Waals surface area contributed by atoms with E-state index in [-0.39, 0.29) is 0 Å². The van der Waals surface area contributed by atoms with Gasteiger partial charge in [-0.05, 0) is 36.6 Å². The van der Waals surface area contributed by atoms with Crippen molar-refractivity contribution in [1.29, 1.82) is 0 Å². The van der Waals surface area contributed by atoms with Crippen LogP contribution in [0.4, 0.5) is 0 Å². The predicted molar refractivity (Wildman–Crippen MR) is 70.3 cm³/mol. The summed E-state index contributed by atoms with van der Waals surface area (Å²) in [5.74, 6) is -0.464. The van der Waals surface area contributed by atoms with Gasteiger partial charge >= 0.3 is 5.97 Å². The summed E-state index contributed by atoms with van der Waals surface area (Å²) in [6, 6.07) is 7.30. The van der Waals surface area contributed by atoms with Gasteiger partial charge in [0.05, 0.1) is 12.2 Å². The fraction of sp³-hybridized carbons (Fsp3) is 0.214. The molecule has 0 spiro atoms. The van der Waals surface area contributed by atoms with E-state index in [0.717, 1.165) is 12.0 Å². The van der Waals surface area contributed by atoms with Crippen LogP contribution in [0.2, 0.25) is 5.02 Å². The Hall–Kier alpha value is -1.74. The zero-order valence-corrected chi connectivity index (χ0v) is 10.5. The van der Waals surface area contributed by atoms with Crippen molar-refractivity contribution < 1.29 is 14.6 Å². The zero-order valence-electron chi connectivity index (χ0n) is 9.73. The molecule has 1 heterocycles. The normalized spacial score (nSPS) is 15.8. The van der Waals surface area contributed by atoms with Gasteiger partial charge in [0, 0.05) is 5.02 Å². The van der Waals surface area contributed by atoms with E-state index in [9.17, 15) is 4.79 Å². The molecule has 1 aromatic carbocycles. The van der Waals surface area contributed by atoms with Crippen LogP contribution in [0.25, 0.3) is 6.08 Å². The van der Waals surface area contributed by atoms with Gasteiger partial charge in [0.15, 0.2) is 0 Å². The highest BCUT2D eigenvalue weighted by Gasteiger charge is 2.17. The van der Waals surface area contributed by atoms with Crippen molar-refractivity contribution in [2.45, 2.75) is 12.8 Å². The molecular formula is C14H13ClO3. The van der Waals surface area contributed by atoms with Gasteiger partial charge in [-0.1, -0.05) is 29.8 Å². The quantitative estimate of drug-likeness (QED) is 0.909. The third kappa shape index (κ3) is 3.14. The summed E-state index contributed by atoms with van der Waals surface area (Å²) in [4.78, 5) is 11.0. The number of aliphatic carboxylic acids is 1. The van der Waals surface area contributed by atoms with Crippen LogP contribution >= 0.6 is 11.6 Å². The number of halogens is 1. The molecule has 0 unspecified atom stereocenters. The summed E-state index contributed by atoms with van der Waals surface area (Å²) in [5.41, 5.74) is 1.29. The van der Waals surface area contributed by atoms with E-state index in [2.05, 4.69) is 0 Å². The molecule has 1 aliphatic rings. The van der Waals surface area contributed by atoms with Crippen LogP contribution < -0.4 is 0 Å². The summed E-state index contributed by atoms with van der Waals surface area (Å²) in [6.07, 6.45) is 4.82. The second-order valence-corrected chi connectivity index (χ2v) is 4.42. The molecule has 0 aromatic heterocycles. The van der Waals surface area contributed by atoms with Crippen molar-refractivity contribution in [2.75, 3.05) is 6.61 Å². The lowest BCUT2D eigenvalue weighted by Gasteiger charge is -2.16. The highest BCUT2D eigenvalue weighted by atomic mass is 35.5. The lowest BCUT2D eigenvalue weighted by molar-refractivity contribution is -0.133. The zero-order chi connectivity index (χ0) is 13.0. The Bertz CT molecular complexity index is 500. The molecule has 0 radical (unpaired) electrons. The Labute approximate surface area is 110 Å². The third-order valence-corrected chi connectivity index (χ3v) is 2.93. The fourth-order valence-electron chi connectivity index (χ4n) is 1.75. The Balaban J connectivity index is 2.21. The number of allylic oxidation sites excluding steroid dienone is 1. The van der Waals surface area contributed by atoms with Crippen molar-refractivity contribution in [2.24, 2.45) is 0 Å². The van der Waals surface area contributed by atoms with Gasteiger partial charge in [0.25, 0.3) is 0 Å². The maximum absolute atomic E-state index is 11.0. The number of benzene rings is 1. The second kappa shape index (κ2) is 5.74. The Morgan fingerprint density at radius 2 is 2.00 bits per heavy atom. The number of rotatable bonds is 3. The molecule has 0 saturated carbocycles. The van der Waals surface area contributed by atoms with Gasteiger partial charge in [-0.15, -0.1) is 0 Å². The molecular weight excluding hydrogens is 252 g/mol. The van der Waals surface area contributed by atoms with Crippen molar-refractivity contribution in [3.8, 4) is 0 Å². The molecule has 0 bridgehead atoms. The summed E-state index contributed by atoms with van der Waals surface area (Å²) >= 11 is 5.79.